The van der Waals surface area contributed by atoms with Crippen LogP contribution in [0.15, 0.2) is 0 Å². The smallest absolute Gasteiger partial charge is 0.0271 e. The van der Waals surface area contributed by atoms with Gasteiger partial charge in [-0.3, -0.25) is 0 Å². The lowest BCUT2D eigenvalue weighted by atomic mass is 9.86. The largest absolute Gasteiger partial charge is 0.315 e. The molecule has 1 aliphatic heterocycles. The van der Waals surface area contributed by atoms with Crippen LogP contribution in [0.2, 0.25) is 0 Å². The van der Waals surface area contributed by atoms with Crippen molar-refractivity contribution in [2.24, 2.45) is 11.3 Å². The number of nitrogens with one attached hydrogen (secondary N) is 1. The maximum absolute atomic E-state index is 3.58. The minimum atomic E-state index is 0.445. The zero-order valence-electron chi connectivity index (χ0n) is 13.6. The van der Waals surface area contributed by atoms with E-state index in [0.29, 0.717) is 11.5 Å². The lowest BCUT2D eigenvalue weighted by Gasteiger charge is -2.38. The number of piperidine rings is 1. The molecule has 0 aromatic heterocycles. The minimum Gasteiger partial charge on any atom is -0.315 e. The SMILES string of the molecule is CNC1C(N(C)CC2CCN(C)CC2)CCC1(C)C. The van der Waals surface area contributed by atoms with Crippen molar-refractivity contribution >= 4 is 0 Å². The zero-order chi connectivity index (χ0) is 14.0. The second-order valence-electron chi connectivity index (χ2n) is 7.55. The Bertz CT molecular complexity index is 282. The molecular formula is C16H33N3. The van der Waals surface area contributed by atoms with Gasteiger partial charge in [0.05, 0.1) is 0 Å². The van der Waals surface area contributed by atoms with E-state index in [2.05, 4.69) is 50.1 Å². The van der Waals surface area contributed by atoms with Crippen LogP contribution in [-0.2, 0) is 0 Å². The van der Waals surface area contributed by atoms with Gasteiger partial charge >= 0.3 is 0 Å². The molecule has 1 saturated heterocycles. The Morgan fingerprint density at radius 3 is 2.42 bits per heavy atom. The topological polar surface area (TPSA) is 18.5 Å². The van der Waals surface area contributed by atoms with Gasteiger partial charge in [0.2, 0.25) is 0 Å². The van der Waals surface area contributed by atoms with Gasteiger partial charge in [0.15, 0.2) is 0 Å². The van der Waals surface area contributed by atoms with E-state index in [4.69, 9.17) is 0 Å². The summed E-state index contributed by atoms with van der Waals surface area (Å²) in [6.07, 6.45) is 5.45. The second kappa shape index (κ2) is 6.11. The molecular weight excluding hydrogens is 234 g/mol. The number of hydrogen-bond donors (Lipinski definition) is 1. The van der Waals surface area contributed by atoms with Crippen LogP contribution in [0.3, 0.4) is 0 Å². The molecule has 1 N–H and O–H groups in total. The van der Waals surface area contributed by atoms with Crippen molar-refractivity contribution in [2.45, 2.75) is 51.6 Å². The average molecular weight is 267 g/mol. The van der Waals surface area contributed by atoms with E-state index in [1.165, 1.54) is 45.3 Å². The van der Waals surface area contributed by atoms with E-state index >= 15 is 0 Å². The van der Waals surface area contributed by atoms with Crippen LogP contribution in [0.5, 0.6) is 0 Å². The summed E-state index contributed by atoms with van der Waals surface area (Å²) >= 11 is 0. The van der Waals surface area contributed by atoms with Gasteiger partial charge in [-0.25, -0.2) is 0 Å². The van der Waals surface area contributed by atoms with Crippen molar-refractivity contribution in [2.75, 3.05) is 40.8 Å². The van der Waals surface area contributed by atoms with E-state index in [1.54, 1.807) is 0 Å². The van der Waals surface area contributed by atoms with Gasteiger partial charge in [0.1, 0.15) is 0 Å². The van der Waals surface area contributed by atoms with E-state index in [-0.39, 0.29) is 0 Å². The Kier molecular flexibility index (Phi) is 4.91. The van der Waals surface area contributed by atoms with Gasteiger partial charge in [-0.1, -0.05) is 13.8 Å². The van der Waals surface area contributed by atoms with Crippen molar-refractivity contribution in [1.82, 2.24) is 15.1 Å². The number of hydrogen-bond acceptors (Lipinski definition) is 3. The molecule has 1 aliphatic carbocycles. The summed E-state index contributed by atoms with van der Waals surface area (Å²) in [5, 5.41) is 3.58. The van der Waals surface area contributed by atoms with Crippen molar-refractivity contribution in [3.05, 3.63) is 0 Å². The number of rotatable bonds is 4. The maximum atomic E-state index is 3.58. The van der Waals surface area contributed by atoms with Crippen LogP contribution < -0.4 is 5.32 Å². The maximum Gasteiger partial charge on any atom is 0.0271 e. The summed E-state index contributed by atoms with van der Waals surface area (Å²) in [5.74, 6) is 0.905. The molecule has 0 aromatic rings. The molecule has 112 valence electrons. The summed E-state index contributed by atoms with van der Waals surface area (Å²) in [6, 6.07) is 1.36. The van der Waals surface area contributed by atoms with E-state index in [0.717, 1.165) is 12.0 Å². The molecule has 3 nitrogen and oxygen atoms in total. The monoisotopic (exact) mass is 267 g/mol. The van der Waals surface area contributed by atoms with Crippen LogP contribution in [-0.4, -0.2) is 62.7 Å². The Labute approximate surface area is 119 Å². The van der Waals surface area contributed by atoms with Gasteiger partial charge in [0.25, 0.3) is 0 Å². The van der Waals surface area contributed by atoms with Crippen molar-refractivity contribution in [1.29, 1.82) is 0 Å². The lowest BCUT2D eigenvalue weighted by Crippen LogP contribution is -2.50. The quantitative estimate of drug-likeness (QED) is 0.841. The third-order valence-electron chi connectivity index (χ3n) is 5.57. The first-order chi connectivity index (χ1) is 8.94. The third-order valence-corrected chi connectivity index (χ3v) is 5.57. The fraction of sp³-hybridized carbons (Fsp3) is 1.00. The summed E-state index contributed by atoms with van der Waals surface area (Å²) in [7, 11) is 6.72. The Hall–Kier alpha value is -0.120. The molecule has 2 atom stereocenters. The fourth-order valence-corrected chi connectivity index (χ4v) is 4.21. The summed E-state index contributed by atoms with van der Waals surface area (Å²) in [4.78, 5) is 5.11. The minimum absolute atomic E-state index is 0.445. The van der Waals surface area contributed by atoms with E-state index < -0.39 is 0 Å². The molecule has 1 saturated carbocycles. The number of nitrogens with zero attached hydrogens (tertiary/aromatic N) is 2. The molecule has 2 rings (SSSR count). The van der Waals surface area contributed by atoms with E-state index in [1.807, 2.05) is 0 Å². The zero-order valence-corrected chi connectivity index (χ0v) is 13.6. The molecule has 1 heterocycles. The highest BCUT2D eigenvalue weighted by molar-refractivity contribution is 5.00. The van der Waals surface area contributed by atoms with Crippen LogP contribution in [0.1, 0.15) is 39.5 Å². The molecule has 2 fully saturated rings. The number of likely N-dealkylation sites (N-methyl/N-ethyl adjacent to an activating group) is 2. The van der Waals surface area contributed by atoms with Gasteiger partial charge in [-0.15, -0.1) is 0 Å². The van der Waals surface area contributed by atoms with Gasteiger partial charge in [0, 0.05) is 18.6 Å². The first kappa shape index (κ1) is 15.3. The molecule has 0 bridgehead atoms. The molecule has 0 aromatic carbocycles. The molecule has 3 heteroatoms. The first-order valence-corrected chi connectivity index (χ1v) is 8.00. The van der Waals surface area contributed by atoms with Gasteiger partial charge < -0.3 is 15.1 Å². The predicted octanol–water partition coefficient (Wildman–Crippen LogP) is 2.04. The highest BCUT2D eigenvalue weighted by Gasteiger charge is 2.42. The van der Waals surface area contributed by atoms with Crippen molar-refractivity contribution in [3.63, 3.8) is 0 Å². The van der Waals surface area contributed by atoms with E-state index in [9.17, 15) is 0 Å². The summed E-state index contributed by atoms with van der Waals surface area (Å²) in [6.45, 7) is 8.68. The Morgan fingerprint density at radius 2 is 1.84 bits per heavy atom. The standard InChI is InChI=1S/C16H33N3/c1-16(2)9-6-14(15(16)17-3)19(5)12-13-7-10-18(4)11-8-13/h13-15,17H,6-12H2,1-5H3. The van der Waals surface area contributed by atoms with Crippen LogP contribution in [0.4, 0.5) is 0 Å². The van der Waals surface area contributed by atoms with Crippen LogP contribution in [0, 0.1) is 11.3 Å². The van der Waals surface area contributed by atoms with Crippen LogP contribution in [0.25, 0.3) is 0 Å². The summed E-state index contributed by atoms with van der Waals surface area (Å²) < 4.78 is 0. The first-order valence-electron chi connectivity index (χ1n) is 8.00. The molecule has 2 aliphatic rings. The second-order valence-corrected chi connectivity index (χ2v) is 7.55. The predicted molar refractivity (Wildman–Crippen MR) is 82.5 cm³/mol. The Morgan fingerprint density at radius 1 is 1.21 bits per heavy atom. The molecule has 19 heavy (non-hydrogen) atoms. The molecule has 0 amide bonds. The van der Waals surface area contributed by atoms with Crippen molar-refractivity contribution < 1.29 is 0 Å². The third kappa shape index (κ3) is 3.50. The molecule has 0 radical (unpaired) electrons. The normalized spacial score (nSPS) is 33.2. The molecule has 2 unspecified atom stereocenters. The van der Waals surface area contributed by atoms with Gasteiger partial charge in [-0.05, 0) is 71.2 Å². The van der Waals surface area contributed by atoms with Crippen LogP contribution >= 0.6 is 0 Å². The highest BCUT2D eigenvalue weighted by Crippen LogP contribution is 2.39. The van der Waals surface area contributed by atoms with Gasteiger partial charge in [-0.2, -0.15) is 0 Å². The fourth-order valence-electron chi connectivity index (χ4n) is 4.21. The lowest BCUT2D eigenvalue weighted by molar-refractivity contribution is 0.127. The van der Waals surface area contributed by atoms with Crippen molar-refractivity contribution in [3.8, 4) is 0 Å². The Balaban J connectivity index is 1.87. The summed E-state index contributed by atoms with van der Waals surface area (Å²) in [5.41, 5.74) is 0.445. The molecule has 0 spiro atoms. The highest BCUT2D eigenvalue weighted by atomic mass is 15.2. The average Bonchev–Trinajstić information content (AvgIpc) is 2.67. The number of likely N-dealkylation sites (tertiary alicyclic amines) is 1.